The number of ether oxygens (including phenoxy) is 1. The predicted octanol–water partition coefficient (Wildman–Crippen LogP) is 0.873. The third-order valence-corrected chi connectivity index (χ3v) is 2.65. The van der Waals surface area contributed by atoms with Crippen LogP contribution in [0.4, 0.5) is 11.6 Å². The van der Waals surface area contributed by atoms with Crippen molar-refractivity contribution in [2.75, 3.05) is 17.9 Å². The zero-order valence-electron chi connectivity index (χ0n) is 9.36. The van der Waals surface area contributed by atoms with E-state index < -0.39 is 0 Å². The Morgan fingerprint density at radius 1 is 1.44 bits per heavy atom. The fourth-order valence-electron chi connectivity index (χ4n) is 1.60. The van der Waals surface area contributed by atoms with Gasteiger partial charge in [-0.3, -0.25) is 0 Å². The van der Waals surface area contributed by atoms with Crippen molar-refractivity contribution in [1.29, 1.82) is 0 Å². The first-order valence-corrected chi connectivity index (χ1v) is 5.42. The van der Waals surface area contributed by atoms with Gasteiger partial charge >= 0.3 is 0 Å². The summed E-state index contributed by atoms with van der Waals surface area (Å²) in [4.78, 5) is 8.53. The number of aromatic nitrogens is 2. The molecule has 1 aliphatic rings. The Morgan fingerprint density at radius 2 is 2.19 bits per heavy atom. The quantitative estimate of drug-likeness (QED) is 0.507. The van der Waals surface area contributed by atoms with E-state index in [0.717, 1.165) is 5.82 Å². The van der Waals surface area contributed by atoms with Gasteiger partial charge in [-0.2, -0.15) is 0 Å². The zero-order valence-corrected chi connectivity index (χ0v) is 9.36. The number of nitrogens with one attached hydrogen (secondary N) is 2. The lowest BCUT2D eigenvalue weighted by Gasteiger charge is -2.27. The number of nitrogens with zero attached hydrogens (tertiary/aromatic N) is 2. The lowest BCUT2D eigenvalue weighted by atomic mass is 9.93. The maximum atomic E-state index is 5.35. The Kier molecular flexibility index (Phi) is 3.53. The number of anilines is 2. The maximum Gasteiger partial charge on any atom is 0.158 e. The number of nitrogens with two attached hydrogens (primary N) is 1. The summed E-state index contributed by atoms with van der Waals surface area (Å²) in [5.41, 5.74) is 2.53. The van der Waals surface area contributed by atoms with Gasteiger partial charge in [0.25, 0.3) is 0 Å². The van der Waals surface area contributed by atoms with Gasteiger partial charge < -0.3 is 15.5 Å². The van der Waals surface area contributed by atoms with E-state index in [2.05, 4.69) is 20.7 Å². The molecule has 0 radical (unpaired) electrons. The SMILES string of the molecule is COCc1nc(NN)cc(NC2CCC2)n1. The second kappa shape index (κ2) is 5.09. The summed E-state index contributed by atoms with van der Waals surface area (Å²) >= 11 is 0. The third-order valence-electron chi connectivity index (χ3n) is 2.65. The molecular weight excluding hydrogens is 206 g/mol. The summed E-state index contributed by atoms with van der Waals surface area (Å²) in [5, 5.41) is 3.35. The summed E-state index contributed by atoms with van der Waals surface area (Å²) in [6, 6.07) is 2.34. The van der Waals surface area contributed by atoms with E-state index in [1.807, 2.05) is 0 Å². The molecule has 1 aliphatic carbocycles. The molecule has 1 saturated carbocycles. The van der Waals surface area contributed by atoms with Crippen molar-refractivity contribution in [3.63, 3.8) is 0 Å². The first kappa shape index (κ1) is 11.1. The van der Waals surface area contributed by atoms with Gasteiger partial charge in [-0.05, 0) is 19.3 Å². The molecule has 0 bridgehead atoms. The second-order valence-corrected chi connectivity index (χ2v) is 3.90. The minimum absolute atomic E-state index is 0.384. The van der Waals surface area contributed by atoms with Crippen LogP contribution in [0.15, 0.2) is 6.07 Å². The zero-order chi connectivity index (χ0) is 11.4. The Bertz CT molecular complexity index is 353. The minimum atomic E-state index is 0.384. The molecule has 6 heteroatoms. The topological polar surface area (TPSA) is 85.1 Å². The molecule has 1 aromatic heterocycles. The molecule has 1 fully saturated rings. The van der Waals surface area contributed by atoms with E-state index in [9.17, 15) is 0 Å². The summed E-state index contributed by atoms with van der Waals surface area (Å²) in [6.07, 6.45) is 3.69. The van der Waals surface area contributed by atoms with Crippen molar-refractivity contribution >= 4 is 11.6 Å². The van der Waals surface area contributed by atoms with Crippen LogP contribution in [0.2, 0.25) is 0 Å². The summed E-state index contributed by atoms with van der Waals surface area (Å²) in [7, 11) is 1.62. The van der Waals surface area contributed by atoms with Gasteiger partial charge in [0.1, 0.15) is 18.2 Å². The summed E-state index contributed by atoms with van der Waals surface area (Å²) in [6.45, 7) is 0.384. The molecule has 16 heavy (non-hydrogen) atoms. The monoisotopic (exact) mass is 223 g/mol. The number of methoxy groups -OCH3 is 1. The molecule has 88 valence electrons. The van der Waals surface area contributed by atoms with Crippen molar-refractivity contribution in [3.8, 4) is 0 Å². The summed E-state index contributed by atoms with van der Waals surface area (Å²) < 4.78 is 5.01. The van der Waals surface area contributed by atoms with E-state index in [4.69, 9.17) is 10.6 Å². The molecule has 2 rings (SSSR count). The van der Waals surface area contributed by atoms with Crippen LogP contribution in [-0.2, 0) is 11.3 Å². The molecule has 0 aromatic carbocycles. The van der Waals surface area contributed by atoms with E-state index in [0.29, 0.717) is 24.3 Å². The van der Waals surface area contributed by atoms with Crippen LogP contribution < -0.4 is 16.6 Å². The van der Waals surface area contributed by atoms with Crippen LogP contribution in [0.5, 0.6) is 0 Å². The molecule has 0 amide bonds. The van der Waals surface area contributed by atoms with Gasteiger partial charge in [0, 0.05) is 19.2 Å². The first-order chi connectivity index (χ1) is 7.81. The Labute approximate surface area is 94.6 Å². The number of hydrazine groups is 1. The highest BCUT2D eigenvalue weighted by Gasteiger charge is 2.17. The Hall–Kier alpha value is -1.40. The highest BCUT2D eigenvalue weighted by atomic mass is 16.5. The number of rotatable bonds is 5. The van der Waals surface area contributed by atoms with Gasteiger partial charge in [0.2, 0.25) is 0 Å². The molecule has 4 N–H and O–H groups in total. The van der Waals surface area contributed by atoms with Gasteiger partial charge in [0.15, 0.2) is 5.82 Å². The van der Waals surface area contributed by atoms with Crippen LogP contribution >= 0.6 is 0 Å². The van der Waals surface area contributed by atoms with Crippen molar-refractivity contribution in [3.05, 3.63) is 11.9 Å². The first-order valence-electron chi connectivity index (χ1n) is 5.42. The number of hydrogen-bond acceptors (Lipinski definition) is 6. The van der Waals surface area contributed by atoms with Crippen molar-refractivity contribution in [1.82, 2.24) is 9.97 Å². The van der Waals surface area contributed by atoms with Crippen LogP contribution in [0, 0.1) is 0 Å². The molecule has 0 unspecified atom stereocenters. The molecule has 1 aromatic rings. The van der Waals surface area contributed by atoms with E-state index in [-0.39, 0.29) is 0 Å². The Morgan fingerprint density at radius 3 is 2.75 bits per heavy atom. The van der Waals surface area contributed by atoms with E-state index >= 15 is 0 Å². The number of nitrogen functional groups attached to an aromatic ring is 1. The molecule has 6 nitrogen and oxygen atoms in total. The normalized spacial score (nSPS) is 15.6. The van der Waals surface area contributed by atoms with Crippen molar-refractivity contribution in [2.24, 2.45) is 5.84 Å². The van der Waals surface area contributed by atoms with Crippen molar-refractivity contribution in [2.45, 2.75) is 31.9 Å². The average Bonchev–Trinajstić information content (AvgIpc) is 2.24. The van der Waals surface area contributed by atoms with Crippen molar-refractivity contribution < 1.29 is 4.74 Å². The standard InChI is InChI=1S/C10H17N5O/c1-16-6-10-13-8(5-9(14-10)15-11)12-7-3-2-4-7/h5,7H,2-4,6,11H2,1H3,(H2,12,13,14,15). The predicted molar refractivity (Wildman–Crippen MR) is 61.8 cm³/mol. The molecule has 0 aliphatic heterocycles. The molecule has 0 saturated heterocycles. The summed E-state index contributed by atoms with van der Waals surface area (Å²) in [5.74, 6) is 7.38. The Balaban J connectivity index is 2.11. The smallest absolute Gasteiger partial charge is 0.158 e. The average molecular weight is 223 g/mol. The van der Waals surface area contributed by atoms with E-state index in [1.165, 1.54) is 19.3 Å². The lowest BCUT2D eigenvalue weighted by molar-refractivity contribution is 0.178. The maximum absolute atomic E-state index is 5.35. The largest absolute Gasteiger partial charge is 0.377 e. The van der Waals surface area contributed by atoms with Gasteiger partial charge in [0.05, 0.1) is 0 Å². The molecule has 0 atom stereocenters. The van der Waals surface area contributed by atoms with Gasteiger partial charge in [-0.15, -0.1) is 0 Å². The van der Waals surface area contributed by atoms with E-state index in [1.54, 1.807) is 13.2 Å². The fraction of sp³-hybridized carbons (Fsp3) is 0.600. The second-order valence-electron chi connectivity index (χ2n) is 3.90. The van der Waals surface area contributed by atoms with Gasteiger partial charge in [-0.25, -0.2) is 15.8 Å². The highest BCUT2D eigenvalue weighted by molar-refractivity contribution is 5.47. The molecule has 0 spiro atoms. The lowest BCUT2D eigenvalue weighted by Crippen LogP contribution is -2.28. The number of hydrogen-bond donors (Lipinski definition) is 3. The fourth-order valence-corrected chi connectivity index (χ4v) is 1.60. The highest BCUT2D eigenvalue weighted by Crippen LogP contribution is 2.23. The van der Waals surface area contributed by atoms with Crippen LogP contribution in [0.1, 0.15) is 25.1 Å². The molecular formula is C10H17N5O. The molecule has 1 heterocycles. The van der Waals surface area contributed by atoms with Crippen LogP contribution in [-0.4, -0.2) is 23.1 Å². The van der Waals surface area contributed by atoms with Gasteiger partial charge in [-0.1, -0.05) is 0 Å². The van der Waals surface area contributed by atoms with Crippen LogP contribution in [0.3, 0.4) is 0 Å². The third kappa shape index (κ3) is 2.59. The minimum Gasteiger partial charge on any atom is -0.377 e. The van der Waals surface area contributed by atoms with Crippen LogP contribution in [0.25, 0.3) is 0 Å².